The molecule has 0 saturated heterocycles. The van der Waals surface area contributed by atoms with Gasteiger partial charge in [0.2, 0.25) is 0 Å². The maximum absolute atomic E-state index is 15.4. The smallest absolute Gasteiger partial charge is 0.212 e. The molecule has 4 aliphatic carbocycles. The fourth-order valence-electron chi connectivity index (χ4n) is 9.92. The van der Waals surface area contributed by atoms with Crippen molar-refractivity contribution in [1.29, 1.82) is 0 Å². The molecule has 5 rings (SSSR count). The number of hydrogen-bond donors (Lipinski definition) is 0. The van der Waals surface area contributed by atoms with Crippen LogP contribution in [0.5, 0.6) is 0 Å². The van der Waals surface area contributed by atoms with E-state index < -0.39 is 17.9 Å². The summed E-state index contributed by atoms with van der Waals surface area (Å²) in [7, 11) is 0. The van der Waals surface area contributed by atoms with E-state index in [0.29, 0.717) is 36.5 Å². The summed E-state index contributed by atoms with van der Waals surface area (Å²) in [6.45, 7) is 2.27. The van der Waals surface area contributed by atoms with E-state index in [2.05, 4.69) is 19.1 Å². The van der Waals surface area contributed by atoms with Crippen molar-refractivity contribution in [1.82, 2.24) is 0 Å². The summed E-state index contributed by atoms with van der Waals surface area (Å²) in [6, 6.07) is 6.26. The summed E-state index contributed by atoms with van der Waals surface area (Å²) in [5.41, 5.74) is 2.18. The molecule has 4 saturated carbocycles. The molecule has 5 heteroatoms. The van der Waals surface area contributed by atoms with Gasteiger partial charge in [-0.05, 0) is 149 Å². The van der Waals surface area contributed by atoms with Gasteiger partial charge in [0.25, 0.3) is 0 Å². The number of rotatable bonds is 11. The Labute approximate surface area is 270 Å². The summed E-state index contributed by atoms with van der Waals surface area (Å²) < 4.78 is 67.0. The molecule has 1 aromatic carbocycles. The third kappa shape index (κ3) is 10.3. The molecule has 1 aromatic rings. The molecule has 0 nitrogen and oxygen atoms in total. The lowest BCUT2D eigenvalue weighted by atomic mass is 9.68. The summed E-state index contributed by atoms with van der Waals surface area (Å²) in [5.74, 6) is 3.09. The van der Waals surface area contributed by atoms with Gasteiger partial charge in [-0.25, -0.2) is 8.78 Å². The lowest BCUT2D eigenvalue weighted by molar-refractivity contribution is -0.0821. The van der Waals surface area contributed by atoms with Crippen LogP contribution in [0.3, 0.4) is 0 Å². The third-order valence-electron chi connectivity index (χ3n) is 12.8. The molecule has 0 bridgehead atoms. The Morgan fingerprint density at radius 2 is 1.18 bits per heavy atom. The molecular formula is C40H59F5. The van der Waals surface area contributed by atoms with E-state index in [1.807, 2.05) is 6.07 Å². The van der Waals surface area contributed by atoms with Crippen LogP contribution in [0.25, 0.3) is 0 Å². The Morgan fingerprint density at radius 3 is 1.71 bits per heavy atom. The van der Waals surface area contributed by atoms with Crippen molar-refractivity contribution >= 4 is 0 Å². The zero-order chi connectivity index (χ0) is 31.8. The molecule has 45 heavy (non-hydrogen) atoms. The number of hydrogen-bond acceptors (Lipinski definition) is 0. The Bertz CT molecular complexity index is 1040. The lowest BCUT2D eigenvalue weighted by Crippen LogP contribution is -2.26. The second kappa shape index (κ2) is 16.6. The molecular weight excluding hydrogens is 575 g/mol. The molecule has 254 valence electrons. The Hall–Kier alpha value is -1.39. The molecule has 0 heterocycles. The first kappa shape index (κ1) is 34.9. The van der Waals surface area contributed by atoms with Crippen molar-refractivity contribution in [2.24, 2.45) is 35.5 Å². The third-order valence-corrected chi connectivity index (χ3v) is 12.8. The average molecular weight is 635 g/mol. The molecule has 0 radical (unpaired) electrons. The van der Waals surface area contributed by atoms with E-state index in [0.717, 1.165) is 49.0 Å². The topological polar surface area (TPSA) is 0 Å². The molecule has 4 aliphatic rings. The minimum absolute atomic E-state index is 0.0363. The van der Waals surface area contributed by atoms with Gasteiger partial charge >= 0.3 is 6.18 Å². The maximum Gasteiger partial charge on any atom is 0.412 e. The van der Waals surface area contributed by atoms with Crippen LogP contribution >= 0.6 is 0 Å². The Kier molecular flexibility index (Phi) is 12.9. The van der Waals surface area contributed by atoms with Crippen molar-refractivity contribution in [3.8, 4) is 0 Å². The predicted octanol–water partition coefficient (Wildman–Crippen LogP) is 13.8. The van der Waals surface area contributed by atoms with Gasteiger partial charge < -0.3 is 0 Å². The Morgan fingerprint density at radius 1 is 0.667 bits per heavy atom. The molecule has 0 amide bonds. The van der Waals surface area contributed by atoms with Gasteiger partial charge in [0.1, 0.15) is 11.6 Å². The lowest BCUT2D eigenvalue weighted by Gasteiger charge is -2.38. The average Bonchev–Trinajstić information content (AvgIpc) is 3.04. The number of unbranched alkanes of at least 4 members (excludes halogenated alkanes) is 2. The highest BCUT2D eigenvalue weighted by atomic mass is 19.4. The highest BCUT2D eigenvalue weighted by molar-refractivity contribution is 5.30. The van der Waals surface area contributed by atoms with Crippen LogP contribution in [0.2, 0.25) is 0 Å². The van der Waals surface area contributed by atoms with Gasteiger partial charge in [0, 0.05) is 5.92 Å². The normalized spacial score (nSPS) is 33.7. The van der Waals surface area contributed by atoms with Crippen LogP contribution in [-0.2, 0) is 0 Å². The standard InChI is InChI=1S/C40H59F5/c1-2-3-4-5-28-8-16-33(17-9-28)36-24-25-37(38(41)26-36)34-18-12-30(13-19-34)7-6-29-10-14-31(15-11-29)32-20-22-35(23-21-32)39(42)27-40(43,44)45/h24-35H,2-23H2,1H3/b39-27-. The van der Waals surface area contributed by atoms with Gasteiger partial charge in [-0.15, -0.1) is 0 Å². The predicted molar refractivity (Wildman–Crippen MR) is 175 cm³/mol. The van der Waals surface area contributed by atoms with E-state index in [1.165, 1.54) is 108 Å². The Balaban J connectivity index is 0.974. The van der Waals surface area contributed by atoms with Crippen LogP contribution in [0.1, 0.15) is 171 Å². The summed E-state index contributed by atoms with van der Waals surface area (Å²) >= 11 is 0. The van der Waals surface area contributed by atoms with E-state index >= 15 is 4.39 Å². The van der Waals surface area contributed by atoms with Gasteiger partial charge in [-0.3, -0.25) is 0 Å². The van der Waals surface area contributed by atoms with Crippen molar-refractivity contribution in [3.63, 3.8) is 0 Å². The second-order valence-corrected chi connectivity index (χ2v) is 15.8. The van der Waals surface area contributed by atoms with Crippen LogP contribution in [0, 0.1) is 41.3 Å². The van der Waals surface area contributed by atoms with E-state index in [9.17, 15) is 17.6 Å². The van der Waals surface area contributed by atoms with E-state index in [-0.39, 0.29) is 11.9 Å². The second-order valence-electron chi connectivity index (χ2n) is 15.8. The van der Waals surface area contributed by atoms with Gasteiger partial charge in [0.05, 0.1) is 6.08 Å². The van der Waals surface area contributed by atoms with Gasteiger partial charge in [-0.2, -0.15) is 13.2 Å². The highest BCUT2D eigenvalue weighted by Crippen LogP contribution is 2.46. The number of halogens is 5. The summed E-state index contributed by atoms with van der Waals surface area (Å²) in [6.07, 6.45) is 20.8. The van der Waals surface area contributed by atoms with Crippen LogP contribution in [0.4, 0.5) is 22.0 Å². The molecule has 0 atom stereocenters. The fourth-order valence-corrected chi connectivity index (χ4v) is 9.92. The minimum Gasteiger partial charge on any atom is -0.212 e. The van der Waals surface area contributed by atoms with E-state index in [4.69, 9.17) is 0 Å². The van der Waals surface area contributed by atoms with Gasteiger partial charge in [-0.1, -0.05) is 70.4 Å². The molecule has 0 N–H and O–H groups in total. The SMILES string of the molecule is CCCCCC1CCC(c2ccc(C3CCC(CCC4CCC(C5CCC(/C(F)=C/C(F)(F)F)CC5)CC4)CC3)c(F)c2)CC1. The van der Waals surface area contributed by atoms with Crippen LogP contribution < -0.4 is 0 Å². The highest BCUT2D eigenvalue weighted by Gasteiger charge is 2.34. The number of alkyl halides is 3. The minimum atomic E-state index is -4.56. The van der Waals surface area contributed by atoms with Crippen LogP contribution in [0.15, 0.2) is 30.1 Å². The first-order valence-corrected chi connectivity index (χ1v) is 18.9. The van der Waals surface area contributed by atoms with Crippen molar-refractivity contribution in [3.05, 3.63) is 47.0 Å². The maximum atomic E-state index is 15.4. The first-order valence-electron chi connectivity index (χ1n) is 18.9. The largest absolute Gasteiger partial charge is 0.412 e. The summed E-state index contributed by atoms with van der Waals surface area (Å²) in [5, 5.41) is 0. The van der Waals surface area contributed by atoms with Crippen LogP contribution in [-0.4, -0.2) is 6.18 Å². The first-order chi connectivity index (χ1) is 21.7. The van der Waals surface area contributed by atoms with Gasteiger partial charge in [0.15, 0.2) is 0 Å². The van der Waals surface area contributed by atoms with Crippen molar-refractivity contribution < 1.29 is 22.0 Å². The fraction of sp³-hybridized carbons (Fsp3) is 0.800. The number of allylic oxidation sites excluding steroid dienone is 2. The zero-order valence-electron chi connectivity index (χ0n) is 27.9. The molecule has 4 fully saturated rings. The molecule has 0 spiro atoms. The zero-order valence-corrected chi connectivity index (χ0v) is 27.9. The molecule has 0 aromatic heterocycles. The van der Waals surface area contributed by atoms with E-state index in [1.54, 1.807) is 0 Å². The van der Waals surface area contributed by atoms with Crippen molar-refractivity contribution in [2.75, 3.05) is 0 Å². The monoisotopic (exact) mass is 634 g/mol. The van der Waals surface area contributed by atoms with Crippen molar-refractivity contribution in [2.45, 2.75) is 166 Å². The molecule has 0 aliphatic heterocycles. The quantitative estimate of drug-likeness (QED) is 0.168. The molecule has 0 unspecified atom stereocenters. The summed E-state index contributed by atoms with van der Waals surface area (Å²) in [4.78, 5) is 0. The number of benzene rings is 1.